The van der Waals surface area contributed by atoms with Gasteiger partial charge in [-0.05, 0) is 24.3 Å². The molecule has 0 saturated heterocycles. The zero-order chi connectivity index (χ0) is 24.6. The van der Waals surface area contributed by atoms with Crippen molar-refractivity contribution >= 4 is 29.6 Å². The van der Waals surface area contributed by atoms with Gasteiger partial charge in [0.15, 0.2) is 11.0 Å². The van der Waals surface area contributed by atoms with Crippen molar-refractivity contribution < 1.29 is 14.5 Å². The van der Waals surface area contributed by atoms with Crippen LogP contribution in [-0.2, 0) is 4.79 Å². The van der Waals surface area contributed by atoms with Crippen molar-refractivity contribution in [1.82, 2.24) is 20.2 Å². The van der Waals surface area contributed by atoms with Crippen LogP contribution in [0.1, 0.15) is 5.56 Å². The number of nitrogens with one attached hydrogen (secondary N) is 1. The number of carbonyl (C=O) groups excluding carboxylic acids is 1. The van der Waals surface area contributed by atoms with Gasteiger partial charge in [0.05, 0.1) is 24.0 Å². The number of carbonyl (C=O) groups is 1. The molecule has 0 bridgehead atoms. The molecule has 0 aliphatic carbocycles. The maximum absolute atomic E-state index is 12.4. The molecule has 0 fully saturated rings. The summed E-state index contributed by atoms with van der Waals surface area (Å²) in [6.07, 6.45) is 1.35. The van der Waals surface area contributed by atoms with Gasteiger partial charge in [0, 0.05) is 28.9 Å². The Morgan fingerprint density at radius 2 is 1.89 bits per heavy atom. The number of benzene rings is 3. The first-order chi connectivity index (χ1) is 17.0. The van der Waals surface area contributed by atoms with Gasteiger partial charge in [-0.3, -0.25) is 19.5 Å². The van der Waals surface area contributed by atoms with Crippen LogP contribution in [0.3, 0.4) is 0 Å². The Morgan fingerprint density at radius 3 is 2.60 bits per heavy atom. The number of non-ortho nitro benzene ring substituents is 1. The molecule has 1 heterocycles. The Hall–Kier alpha value is -4.51. The minimum Gasteiger partial charge on any atom is -0.497 e. The summed E-state index contributed by atoms with van der Waals surface area (Å²) in [6, 6.07) is 23.1. The number of thioether (sulfide) groups is 1. The highest BCUT2D eigenvalue weighted by molar-refractivity contribution is 7.99. The van der Waals surface area contributed by atoms with E-state index < -0.39 is 4.92 Å². The molecule has 1 aromatic heterocycles. The molecule has 0 aliphatic heterocycles. The minimum atomic E-state index is -0.491. The quantitative estimate of drug-likeness (QED) is 0.163. The van der Waals surface area contributed by atoms with Crippen molar-refractivity contribution in [2.24, 2.45) is 5.10 Å². The number of rotatable bonds is 9. The van der Waals surface area contributed by atoms with E-state index in [2.05, 4.69) is 20.7 Å². The van der Waals surface area contributed by atoms with E-state index in [0.717, 1.165) is 17.0 Å². The van der Waals surface area contributed by atoms with E-state index in [9.17, 15) is 14.9 Å². The Bertz CT molecular complexity index is 1360. The molecule has 0 saturated carbocycles. The predicted molar refractivity (Wildman–Crippen MR) is 133 cm³/mol. The van der Waals surface area contributed by atoms with Gasteiger partial charge < -0.3 is 4.74 Å². The van der Waals surface area contributed by atoms with Crippen molar-refractivity contribution in [2.45, 2.75) is 5.16 Å². The van der Waals surface area contributed by atoms with E-state index in [1.165, 1.54) is 30.1 Å². The first-order valence-electron chi connectivity index (χ1n) is 10.4. The normalized spacial score (nSPS) is 10.9. The third-order valence-corrected chi connectivity index (χ3v) is 5.74. The average molecular weight is 489 g/mol. The number of nitrogens with zero attached hydrogens (tertiary/aromatic N) is 5. The summed E-state index contributed by atoms with van der Waals surface area (Å²) < 4.78 is 7.13. The van der Waals surface area contributed by atoms with Crippen LogP contribution in [0.5, 0.6) is 5.75 Å². The Labute approximate surface area is 204 Å². The smallest absolute Gasteiger partial charge is 0.270 e. The first-order valence-corrected chi connectivity index (χ1v) is 11.4. The second-order valence-corrected chi connectivity index (χ2v) is 8.08. The topological polar surface area (TPSA) is 125 Å². The van der Waals surface area contributed by atoms with Crippen LogP contribution in [0.15, 0.2) is 89.1 Å². The highest BCUT2D eigenvalue weighted by atomic mass is 32.2. The zero-order valence-electron chi connectivity index (χ0n) is 18.6. The molecular formula is C24H20N6O4S. The molecule has 0 radical (unpaired) electrons. The second kappa shape index (κ2) is 11.1. The van der Waals surface area contributed by atoms with E-state index in [1.54, 1.807) is 19.2 Å². The van der Waals surface area contributed by atoms with E-state index >= 15 is 0 Å². The van der Waals surface area contributed by atoms with Crippen molar-refractivity contribution in [3.05, 3.63) is 94.5 Å². The summed E-state index contributed by atoms with van der Waals surface area (Å²) in [6.45, 7) is 0. The van der Waals surface area contributed by atoms with Crippen LogP contribution in [0.25, 0.3) is 17.1 Å². The molecule has 1 N–H and O–H groups in total. The fraction of sp³-hybridized carbons (Fsp3) is 0.0833. The van der Waals surface area contributed by atoms with Crippen LogP contribution in [0.4, 0.5) is 5.69 Å². The maximum Gasteiger partial charge on any atom is 0.270 e. The van der Waals surface area contributed by atoms with E-state index in [4.69, 9.17) is 4.74 Å². The van der Waals surface area contributed by atoms with Crippen LogP contribution in [0, 0.1) is 10.1 Å². The first kappa shape index (κ1) is 23.6. The number of hydrogen-bond acceptors (Lipinski definition) is 8. The molecule has 0 unspecified atom stereocenters. The molecule has 11 heteroatoms. The molecule has 0 spiro atoms. The summed E-state index contributed by atoms with van der Waals surface area (Å²) in [4.78, 5) is 22.7. The monoisotopic (exact) mass is 488 g/mol. The van der Waals surface area contributed by atoms with E-state index in [-0.39, 0.29) is 17.3 Å². The fourth-order valence-corrected chi connectivity index (χ4v) is 3.91. The zero-order valence-corrected chi connectivity index (χ0v) is 19.4. The largest absolute Gasteiger partial charge is 0.497 e. The van der Waals surface area contributed by atoms with Gasteiger partial charge in [-0.15, -0.1) is 10.2 Å². The fourth-order valence-electron chi connectivity index (χ4n) is 3.16. The molecule has 0 atom stereocenters. The van der Waals surface area contributed by atoms with Crippen LogP contribution in [-0.4, -0.2) is 44.7 Å². The van der Waals surface area contributed by atoms with E-state index in [1.807, 2.05) is 59.2 Å². The summed E-state index contributed by atoms with van der Waals surface area (Å²) in [5, 5.41) is 24.0. The molecule has 176 valence electrons. The lowest BCUT2D eigenvalue weighted by Crippen LogP contribution is -2.20. The molecule has 3 aromatic carbocycles. The van der Waals surface area contributed by atoms with Crippen molar-refractivity contribution in [1.29, 1.82) is 0 Å². The number of ether oxygens (including phenoxy) is 1. The van der Waals surface area contributed by atoms with Gasteiger partial charge in [-0.1, -0.05) is 54.2 Å². The minimum absolute atomic E-state index is 0.0371. The highest BCUT2D eigenvalue weighted by Crippen LogP contribution is 2.28. The van der Waals surface area contributed by atoms with Gasteiger partial charge >= 0.3 is 0 Å². The lowest BCUT2D eigenvalue weighted by molar-refractivity contribution is -0.384. The summed E-state index contributed by atoms with van der Waals surface area (Å²) in [7, 11) is 1.60. The average Bonchev–Trinajstić information content (AvgIpc) is 3.32. The number of methoxy groups -OCH3 is 1. The SMILES string of the molecule is COc1ccc(-n2c(SCC(=O)N/N=C\c3cccc([N+](=O)[O-])c3)nnc2-c2ccccc2)cc1. The van der Waals surface area contributed by atoms with Crippen LogP contribution < -0.4 is 10.2 Å². The van der Waals surface area contributed by atoms with Crippen molar-refractivity contribution in [3.8, 4) is 22.8 Å². The number of aromatic nitrogens is 3. The number of nitro groups is 1. The van der Waals surface area contributed by atoms with Crippen molar-refractivity contribution in [2.75, 3.05) is 12.9 Å². The summed E-state index contributed by atoms with van der Waals surface area (Å²) >= 11 is 1.21. The van der Waals surface area contributed by atoms with Gasteiger partial charge in [0.1, 0.15) is 5.75 Å². The number of hydrogen-bond donors (Lipinski definition) is 1. The van der Waals surface area contributed by atoms with Crippen LogP contribution in [0.2, 0.25) is 0 Å². The lowest BCUT2D eigenvalue weighted by Gasteiger charge is -2.11. The van der Waals surface area contributed by atoms with Crippen molar-refractivity contribution in [3.63, 3.8) is 0 Å². The van der Waals surface area contributed by atoms with Crippen LogP contribution >= 0.6 is 11.8 Å². The third kappa shape index (κ3) is 5.89. The molecule has 4 aromatic rings. The summed E-state index contributed by atoms with van der Waals surface area (Å²) in [5.74, 6) is 1.04. The Kier molecular flexibility index (Phi) is 7.48. The maximum atomic E-state index is 12.4. The standard InChI is InChI=1S/C24H20N6O4S/c1-34-21-12-10-19(11-13-21)29-23(18-7-3-2-4-8-18)27-28-24(29)35-16-22(31)26-25-15-17-6-5-9-20(14-17)30(32)33/h2-15H,16H2,1H3,(H,26,31)/b25-15-. The molecule has 35 heavy (non-hydrogen) atoms. The second-order valence-electron chi connectivity index (χ2n) is 7.14. The third-order valence-electron chi connectivity index (χ3n) is 4.81. The Morgan fingerprint density at radius 1 is 1.11 bits per heavy atom. The molecule has 1 amide bonds. The lowest BCUT2D eigenvalue weighted by atomic mass is 10.2. The molecule has 10 nitrogen and oxygen atoms in total. The van der Waals surface area contributed by atoms with Gasteiger partial charge in [0.25, 0.3) is 11.6 Å². The van der Waals surface area contributed by atoms with E-state index in [0.29, 0.717) is 16.5 Å². The molecule has 0 aliphatic rings. The number of amides is 1. The van der Waals surface area contributed by atoms with Gasteiger partial charge in [0.2, 0.25) is 0 Å². The molecular weight excluding hydrogens is 468 g/mol. The molecule has 4 rings (SSSR count). The predicted octanol–water partition coefficient (Wildman–Crippen LogP) is 4.09. The van der Waals surface area contributed by atoms with Gasteiger partial charge in [-0.2, -0.15) is 5.10 Å². The number of nitro benzene ring substituents is 1. The Balaban J connectivity index is 1.48. The highest BCUT2D eigenvalue weighted by Gasteiger charge is 2.17. The van der Waals surface area contributed by atoms with Gasteiger partial charge in [-0.25, -0.2) is 5.43 Å². The number of hydrazone groups is 1. The summed E-state index contributed by atoms with van der Waals surface area (Å²) in [5.41, 5.74) is 4.58.